The Bertz CT molecular complexity index is 1610. The van der Waals surface area contributed by atoms with Crippen LogP contribution in [0.4, 0.5) is 0 Å². The lowest BCUT2D eigenvalue weighted by atomic mass is 9.43. The molecule has 0 N–H and O–H groups in total. The van der Waals surface area contributed by atoms with Crippen LogP contribution in [-0.2, 0) is 6.17 Å². The summed E-state index contributed by atoms with van der Waals surface area (Å²) in [5, 5.41) is 4.31. The van der Waals surface area contributed by atoms with E-state index >= 15 is 0 Å². The minimum Gasteiger partial charge on any atom is -0.339 e. The summed E-state index contributed by atoms with van der Waals surface area (Å²) in [6, 6.07) is 51.1. The van der Waals surface area contributed by atoms with Crippen molar-refractivity contribution in [2.24, 2.45) is 0 Å². The summed E-state index contributed by atoms with van der Waals surface area (Å²) < 4.78 is 2.26. The second-order valence-corrected chi connectivity index (χ2v) is 16.5. The standard InChI is InChI=1S/C28H32N2Si.C13H13B/c1-22(2)24-10-14-27(15-11-24)31(21-30-19-18-29-20-30,26-8-6-5-7-9-26)28-16-12-25(13-17-28)23(3)4;1-14(12-8-4-2-5-9-12)13-10-6-3-7-11-13/h5-20,22-23H,21H2,1-4H3;2-11H,1H3. The van der Waals surface area contributed by atoms with E-state index in [9.17, 15) is 0 Å². The molecular weight excluding hydrogens is 559 g/mol. The lowest BCUT2D eigenvalue weighted by molar-refractivity contribution is 0.858. The van der Waals surface area contributed by atoms with Gasteiger partial charge in [-0.3, -0.25) is 0 Å². The van der Waals surface area contributed by atoms with E-state index in [1.165, 1.54) is 37.6 Å². The van der Waals surface area contributed by atoms with Crippen molar-refractivity contribution in [3.8, 4) is 0 Å². The highest BCUT2D eigenvalue weighted by atomic mass is 28.3. The quantitative estimate of drug-likeness (QED) is 0.132. The minimum absolute atomic E-state index is 0.484. The molecule has 0 aliphatic heterocycles. The number of rotatable bonds is 9. The Hall–Kier alpha value is -4.41. The molecule has 6 aromatic rings. The molecule has 4 heteroatoms. The summed E-state index contributed by atoms with van der Waals surface area (Å²) in [6.07, 6.45) is 6.86. The zero-order valence-corrected chi connectivity index (χ0v) is 28.3. The highest BCUT2D eigenvalue weighted by Gasteiger charge is 2.40. The van der Waals surface area contributed by atoms with Crippen LogP contribution in [0.25, 0.3) is 0 Å². The van der Waals surface area contributed by atoms with Gasteiger partial charge in [0.05, 0.1) is 6.33 Å². The Labute approximate surface area is 271 Å². The van der Waals surface area contributed by atoms with Crippen molar-refractivity contribution >= 4 is 41.3 Å². The molecular formula is C41H45BN2Si. The van der Waals surface area contributed by atoms with Crippen molar-refractivity contribution in [1.82, 2.24) is 9.55 Å². The average Bonchev–Trinajstić information content (AvgIpc) is 3.62. The molecule has 0 saturated heterocycles. The Balaban J connectivity index is 0.000000238. The van der Waals surface area contributed by atoms with Crippen molar-refractivity contribution in [1.29, 1.82) is 0 Å². The van der Waals surface area contributed by atoms with Gasteiger partial charge in [0.1, 0.15) is 0 Å². The minimum atomic E-state index is -2.32. The molecule has 1 heterocycles. The van der Waals surface area contributed by atoms with Crippen molar-refractivity contribution in [2.75, 3.05) is 0 Å². The van der Waals surface area contributed by atoms with Gasteiger partial charge >= 0.3 is 0 Å². The van der Waals surface area contributed by atoms with Gasteiger partial charge in [-0.2, -0.15) is 0 Å². The van der Waals surface area contributed by atoms with Crippen LogP contribution in [-0.4, -0.2) is 24.3 Å². The zero-order chi connectivity index (χ0) is 31.6. The van der Waals surface area contributed by atoms with E-state index in [0.717, 1.165) is 6.17 Å². The van der Waals surface area contributed by atoms with Crippen LogP contribution in [0.15, 0.2) is 158 Å². The summed E-state index contributed by atoms with van der Waals surface area (Å²) in [5.41, 5.74) is 5.52. The molecule has 0 saturated carbocycles. The monoisotopic (exact) mass is 604 g/mol. The molecule has 0 fully saturated rings. The van der Waals surface area contributed by atoms with E-state index in [2.05, 4.69) is 190 Å². The summed E-state index contributed by atoms with van der Waals surface area (Å²) in [7, 11) is -2.32. The van der Waals surface area contributed by atoms with Gasteiger partial charge in [-0.15, -0.1) is 0 Å². The summed E-state index contributed by atoms with van der Waals surface area (Å²) in [4.78, 5) is 4.35. The average molecular weight is 605 g/mol. The molecule has 0 aliphatic carbocycles. The third-order valence-electron chi connectivity index (χ3n) is 8.98. The van der Waals surface area contributed by atoms with E-state index in [1.807, 2.05) is 12.5 Å². The molecule has 0 bridgehead atoms. The maximum absolute atomic E-state index is 4.35. The van der Waals surface area contributed by atoms with E-state index < -0.39 is 8.07 Å². The Morgan fingerprint density at radius 2 is 0.956 bits per heavy atom. The molecule has 0 unspecified atom stereocenters. The first-order valence-electron chi connectivity index (χ1n) is 16.2. The van der Waals surface area contributed by atoms with Gasteiger partial charge < -0.3 is 4.57 Å². The van der Waals surface area contributed by atoms with Crippen LogP contribution in [0.2, 0.25) is 6.82 Å². The maximum atomic E-state index is 4.35. The van der Waals surface area contributed by atoms with Gasteiger partial charge in [0.2, 0.25) is 6.71 Å². The molecule has 1 aromatic heterocycles. The number of hydrogen-bond acceptors (Lipinski definition) is 1. The molecule has 6 rings (SSSR count). The molecule has 45 heavy (non-hydrogen) atoms. The lowest BCUT2D eigenvalue weighted by Crippen LogP contribution is -2.69. The molecule has 226 valence electrons. The Morgan fingerprint density at radius 1 is 0.556 bits per heavy atom. The Kier molecular flexibility index (Phi) is 10.7. The van der Waals surface area contributed by atoms with Gasteiger partial charge in [0.15, 0.2) is 8.07 Å². The zero-order valence-electron chi connectivity index (χ0n) is 27.3. The third-order valence-corrected chi connectivity index (χ3v) is 13.8. The summed E-state index contributed by atoms with van der Waals surface area (Å²) >= 11 is 0. The van der Waals surface area contributed by atoms with Crippen LogP contribution < -0.4 is 26.5 Å². The highest BCUT2D eigenvalue weighted by molar-refractivity contribution is 7.10. The van der Waals surface area contributed by atoms with Crippen molar-refractivity contribution in [2.45, 2.75) is 52.5 Å². The molecule has 0 atom stereocenters. The molecule has 0 aliphatic rings. The number of benzene rings is 5. The normalized spacial score (nSPS) is 11.3. The van der Waals surface area contributed by atoms with Gasteiger partial charge in [0, 0.05) is 18.6 Å². The highest BCUT2D eigenvalue weighted by Crippen LogP contribution is 2.18. The fraction of sp³-hybridized carbons (Fsp3) is 0.195. The van der Waals surface area contributed by atoms with E-state index in [1.54, 1.807) is 0 Å². The van der Waals surface area contributed by atoms with Gasteiger partial charge in [0.25, 0.3) is 0 Å². The second kappa shape index (κ2) is 15.1. The van der Waals surface area contributed by atoms with Crippen LogP contribution in [0.3, 0.4) is 0 Å². The first-order valence-corrected chi connectivity index (χ1v) is 18.4. The van der Waals surface area contributed by atoms with Gasteiger partial charge in [-0.1, -0.05) is 185 Å². The maximum Gasteiger partial charge on any atom is 0.206 e. The van der Waals surface area contributed by atoms with E-state index in [-0.39, 0.29) is 0 Å². The predicted molar refractivity (Wildman–Crippen MR) is 198 cm³/mol. The number of imidazole rings is 1. The predicted octanol–water partition coefficient (Wildman–Crippen LogP) is 6.76. The van der Waals surface area contributed by atoms with Crippen LogP contribution in [0, 0.1) is 0 Å². The van der Waals surface area contributed by atoms with Crippen molar-refractivity contribution in [3.63, 3.8) is 0 Å². The van der Waals surface area contributed by atoms with E-state index in [4.69, 9.17) is 0 Å². The van der Waals surface area contributed by atoms with Crippen LogP contribution in [0.1, 0.15) is 50.7 Å². The van der Waals surface area contributed by atoms with Crippen LogP contribution in [0.5, 0.6) is 0 Å². The molecule has 5 aromatic carbocycles. The summed E-state index contributed by atoms with van der Waals surface area (Å²) in [5.74, 6) is 1.06. The number of aromatic nitrogens is 2. The number of nitrogens with zero attached hydrogens (tertiary/aromatic N) is 2. The lowest BCUT2D eigenvalue weighted by Gasteiger charge is -2.34. The topological polar surface area (TPSA) is 17.8 Å². The molecule has 0 spiro atoms. The first-order chi connectivity index (χ1) is 21.9. The van der Waals surface area contributed by atoms with Crippen molar-refractivity contribution < 1.29 is 0 Å². The second-order valence-electron chi connectivity index (χ2n) is 12.6. The first kappa shape index (κ1) is 32.0. The van der Waals surface area contributed by atoms with Gasteiger partial charge in [-0.05, 0) is 38.5 Å². The molecule has 0 amide bonds. The SMILES string of the molecule is CB(c1ccccc1)c1ccccc1.CC(C)c1ccc([Si](Cn2ccnc2)(c2ccccc2)c2ccc(C(C)C)cc2)cc1. The summed E-state index contributed by atoms with van der Waals surface area (Å²) in [6.45, 7) is 11.8. The fourth-order valence-corrected chi connectivity index (χ4v) is 10.6. The molecule has 2 nitrogen and oxygen atoms in total. The van der Waals surface area contributed by atoms with E-state index in [0.29, 0.717) is 18.5 Å². The Morgan fingerprint density at radius 3 is 1.33 bits per heavy atom. The fourth-order valence-electron chi connectivity index (χ4n) is 6.13. The van der Waals surface area contributed by atoms with Crippen molar-refractivity contribution in [3.05, 3.63) is 169 Å². The third kappa shape index (κ3) is 7.64. The smallest absolute Gasteiger partial charge is 0.206 e. The van der Waals surface area contributed by atoms with Gasteiger partial charge in [-0.25, -0.2) is 4.98 Å². The molecule has 0 radical (unpaired) electrons. The largest absolute Gasteiger partial charge is 0.339 e. The van der Waals surface area contributed by atoms with Crippen LogP contribution >= 0.6 is 0 Å². The number of hydrogen-bond donors (Lipinski definition) is 0.